The highest BCUT2D eigenvalue weighted by atomic mass is 32.2. The van der Waals surface area contributed by atoms with Crippen LogP contribution in [0, 0.1) is 0 Å². The molecule has 19 heavy (non-hydrogen) atoms. The van der Waals surface area contributed by atoms with Gasteiger partial charge in [-0.05, 0) is 23.1 Å². The monoisotopic (exact) mass is 295 g/mol. The molecule has 100 valence electrons. The average Bonchev–Trinajstić information content (AvgIpc) is 3.05. The Labute approximate surface area is 116 Å². The summed E-state index contributed by atoms with van der Waals surface area (Å²) in [5.41, 5.74) is 1.13. The van der Waals surface area contributed by atoms with Gasteiger partial charge in [-0.1, -0.05) is 24.3 Å². The van der Waals surface area contributed by atoms with Crippen molar-refractivity contribution in [1.82, 2.24) is 4.72 Å². The molecule has 1 aliphatic rings. The molecule has 0 spiro atoms. The third-order valence-corrected chi connectivity index (χ3v) is 5.80. The van der Waals surface area contributed by atoms with E-state index in [9.17, 15) is 8.42 Å². The number of thiophene rings is 1. The van der Waals surface area contributed by atoms with Gasteiger partial charge in [-0.15, -0.1) is 11.3 Å². The summed E-state index contributed by atoms with van der Waals surface area (Å²) in [6, 6.07) is 11.1. The van der Waals surface area contributed by atoms with Gasteiger partial charge in [0.1, 0.15) is 16.1 Å². The fraction of sp³-hybridized carbons (Fsp3) is 0.231. The average molecular weight is 295 g/mol. The summed E-state index contributed by atoms with van der Waals surface area (Å²) in [4.78, 5) is 0. The molecule has 3 rings (SSSR count). The Balaban J connectivity index is 1.63. The second-order valence-electron chi connectivity index (χ2n) is 4.34. The van der Waals surface area contributed by atoms with Crippen molar-refractivity contribution in [3.8, 4) is 5.75 Å². The van der Waals surface area contributed by atoms with Crippen LogP contribution in [0.1, 0.15) is 5.56 Å². The van der Waals surface area contributed by atoms with E-state index >= 15 is 0 Å². The van der Waals surface area contributed by atoms with Gasteiger partial charge in [-0.2, -0.15) is 0 Å². The third-order valence-electron chi connectivity index (χ3n) is 2.97. The predicted octanol–water partition coefficient (Wildman–Crippen LogP) is 2.03. The maximum atomic E-state index is 12.0. The molecule has 0 unspecified atom stereocenters. The van der Waals surface area contributed by atoms with E-state index in [1.54, 1.807) is 17.5 Å². The molecule has 2 heterocycles. The molecule has 0 radical (unpaired) electrons. The molecule has 0 amide bonds. The number of para-hydroxylation sites is 1. The first kappa shape index (κ1) is 12.7. The highest BCUT2D eigenvalue weighted by Crippen LogP contribution is 2.28. The summed E-state index contributed by atoms with van der Waals surface area (Å²) in [6.45, 7) is 0.287. The number of fused-ring (bicyclic) bond motifs is 1. The molecule has 1 N–H and O–H groups in total. The number of rotatable bonds is 4. The van der Waals surface area contributed by atoms with E-state index in [0.29, 0.717) is 4.21 Å². The Hall–Kier alpha value is -1.37. The summed E-state index contributed by atoms with van der Waals surface area (Å²) in [5.74, 6) is 0.850. The first-order valence-corrected chi connectivity index (χ1v) is 8.29. The van der Waals surface area contributed by atoms with E-state index in [-0.39, 0.29) is 12.6 Å². The Bertz CT molecular complexity index is 640. The van der Waals surface area contributed by atoms with Gasteiger partial charge in [0.25, 0.3) is 0 Å². The van der Waals surface area contributed by atoms with E-state index in [1.165, 1.54) is 11.3 Å². The molecule has 2 aromatic rings. The lowest BCUT2D eigenvalue weighted by atomic mass is 10.1. The van der Waals surface area contributed by atoms with Crippen LogP contribution in [-0.2, 0) is 16.4 Å². The molecule has 0 saturated carbocycles. The second-order valence-corrected chi connectivity index (χ2v) is 7.28. The van der Waals surface area contributed by atoms with Crippen LogP contribution >= 0.6 is 11.3 Å². The summed E-state index contributed by atoms with van der Waals surface area (Å²) in [6.07, 6.45) is 0.607. The highest BCUT2D eigenvalue weighted by Gasteiger charge is 2.24. The van der Waals surface area contributed by atoms with Gasteiger partial charge < -0.3 is 4.74 Å². The van der Waals surface area contributed by atoms with Gasteiger partial charge in [0.15, 0.2) is 0 Å². The van der Waals surface area contributed by atoms with Crippen LogP contribution in [0.3, 0.4) is 0 Å². The highest BCUT2D eigenvalue weighted by molar-refractivity contribution is 7.91. The van der Waals surface area contributed by atoms with Crippen molar-refractivity contribution in [2.75, 3.05) is 6.54 Å². The topological polar surface area (TPSA) is 55.4 Å². The summed E-state index contributed by atoms with van der Waals surface area (Å²) < 4.78 is 32.6. The number of hydrogen-bond donors (Lipinski definition) is 1. The predicted molar refractivity (Wildman–Crippen MR) is 74.1 cm³/mol. The fourth-order valence-corrected chi connectivity index (χ4v) is 4.16. The Morgan fingerprint density at radius 3 is 2.84 bits per heavy atom. The summed E-state index contributed by atoms with van der Waals surface area (Å²) in [7, 11) is -3.40. The van der Waals surface area contributed by atoms with Crippen molar-refractivity contribution in [1.29, 1.82) is 0 Å². The van der Waals surface area contributed by atoms with Crippen molar-refractivity contribution in [2.45, 2.75) is 16.7 Å². The summed E-state index contributed by atoms with van der Waals surface area (Å²) in [5, 5.41) is 1.75. The quantitative estimate of drug-likeness (QED) is 0.939. The van der Waals surface area contributed by atoms with Crippen LogP contribution < -0.4 is 9.46 Å². The van der Waals surface area contributed by atoms with Crippen LogP contribution in [0.2, 0.25) is 0 Å². The Morgan fingerprint density at radius 1 is 1.26 bits per heavy atom. The standard InChI is InChI=1S/C13H13NO3S2/c15-19(16,13-6-3-7-18-13)14-9-11-8-10-4-1-2-5-12(10)17-11/h1-7,11,14H,8-9H2/t11-/m0/s1. The van der Waals surface area contributed by atoms with Gasteiger partial charge in [0, 0.05) is 13.0 Å². The van der Waals surface area contributed by atoms with Crippen LogP contribution in [0.15, 0.2) is 46.0 Å². The van der Waals surface area contributed by atoms with Crippen LogP contribution in [0.4, 0.5) is 0 Å². The molecular weight excluding hydrogens is 282 g/mol. The molecule has 4 nitrogen and oxygen atoms in total. The molecule has 0 aliphatic carbocycles. The lowest BCUT2D eigenvalue weighted by molar-refractivity contribution is 0.236. The molecule has 1 aromatic carbocycles. The van der Waals surface area contributed by atoms with Crippen molar-refractivity contribution in [3.05, 3.63) is 47.3 Å². The van der Waals surface area contributed by atoms with Crippen molar-refractivity contribution in [2.24, 2.45) is 0 Å². The molecule has 6 heteroatoms. The van der Waals surface area contributed by atoms with E-state index in [0.717, 1.165) is 17.7 Å². The molecule has 1 aromatic heterocycles. The van der Waals surface area contributed by atoms with Gasteiger partial charge in [-0.25, -0.2) is 13.1 Å². The fourth-order valence-electron chi connectivity index (χ4n) is 2.06. The molecule has 0 saturated heterocycles. The Morgan fingerprint density at radius 2 is 2.11 bits per heavy atom. The molecular formula is C13H13NO3S2. The number of benzene rings is 1. The van der Waals surface area contributed by atoms with Gasteiger partial charge in [0.05, 0.1) is 0 Å². The number of nitrogens with one attached hydrogen (secondary N) is 1. The van der Waals surface area contributed by atoms with Crippen molar-refractivity contribution < 1.29 is 13.2 Å². The summed E-state index contributed by atoms with van der Waals surface area (Å²) >= 11 is 1.21. The maximum Gasteiger partial charge on any atom is 0.250 e. The lowest BCUT2D eigenvalue weighted by Gasteiger charge is -2.11. The SMILES string of the molecule is O=S(=O)(NC[C@@H]1Cc2ccccc2O1)c1cccs1. The van der Waals surface area contributed by atoms with Crippen LogP contribution in [0.25, 0.3) is 0 Å². The normalized spacial score (nSPS) is 18.0. The van der Waals surface area contributed by atoms with E-state index in [1.807, 2.05) is 24.3 Å². The van der Waals surface area contributed by atoms with E-state index in [4.69, 9.17) is 4.74 Å². The molecule has 1 aliphatic heterocycles. The minimum atomic E-state index is -3.40. The first-order chi connectivity index (χ1) is 9.15. The van der Waals surface area contributed by atoms with Crippen LogP contribution in [-0.4, -0.2) is 21.1 Å². The third kappa shape index (κ3) is 2.65. The molecule has 1 atom stereocenters. The van der Waals surface area contributed by atoms with Crippen molar-refractivity contribution in [3.63, 3.8) is 0 Å². The van der Waals surface area contributed by atoms with Gasteiger partial charge in [-0.3, -0.25) is 0 Å². The second kappa shape index (κ2) is 4.96. The first-order valence-electron chi connectivity index (χ1n) is 5.93. The zero-order valence-corrected chi connectivity index (χ0v) is 11.7. The lowest BCUT2D eigenvalue weighted by Crippen LogP contribution is -2.34. The number of ether oxygens (including phenoxy) is 1. The van der Waals surface area contributed by atoms with Gasteiger partial charge >= 0.3 is 0 Å². The number of sulfonamides is 1. The van der Waals surface area contributed by atoms with Crippen molar-refractivity contribution >= 4 is 21.4 Å². The molecule has 0 bridgehead atoms. The molecule has 0 fully saturated rings. The van der Waals surface area contributed by atoms with Crippen LogP contribution in [0.5, 0.6) is 5.75 Å². The zero-order chi connectivity index (χ0) is 13.3. The minimum absolute atomic E-state index is 0.132. The van der Waals surface area contributed by atoms with E-state index in [2.05, 4.69) is 4.72 Å². The Kier molecular flexibility index (Phi) is 3.30. The number of hydrogen-bond acceptors (Lipinski definition) is 4. The maximum absolute atomic E-state index is 12.0. The zero-order valence-electron chi connectivity index (χ0n) is 10.1. The smallest absolute Gasteiger partial charge is 0.250 e. The van der Waals surface area contributed by atoms with Gasteiger partial charge in [0.2, 0.25) is 10.0 Å². The largest absolute Gasteiger partial charge is 0.488 e. The minimum Gasteiger partial charge on any atom is -0.488 e. The van der Waals surface area contributed by atoms with E-state index < -0.39 is 10.0 Å².